The van der Waals surface area contributed by atoms with Gasteiger partial charge in [-0.2, -0.15) is 4.98 Å². The van der Waals surface area contributed by atoms with E-state index in [9.17, 15) is 0 Å². The van der Waals surface area contributed by atoms with Crippen LogP contribution < -0.4 is 19.4 Å². The van der Waals surface area contributed by atoms with Crippen molar-refractivity contribution in [2.75, 3.05) is 61.1 Å². The molecule has 2 fully saturated rings. The largest absolute Gasteiger partial charge is 0.497 e. The molecule has 0 spiro atoms. The third-order valence-electron chi connectivity index (χ3n) is 5.51. The first kappa shape index (κ1) is 17.9. The maximum Gasteiger partial charge on any atom is 0.227 e. The number of piperidine rings is 1. The summed E-state index contributed by atoms with van der Waals surface area (Å²) in [4.78, 5) is 16.8. The van der Waals surface area contributed by atoms with E-state index in [1.165, 1.54) is 24.9 Å². The van der Waals surface area contributed by atoms with E-state index in [2.05, 4.69) is 39.8 Å². The fraction of sp³-hybridized carbons (Fsp3) is 0.524. The molecule has 2 saturated heterocycles. The van der Waals surface area contributed by atoms with E-state index in [-0.39, 0.29) is 0 Å². The second-order valence-corrected chi connectivity index (χ2v) is 7.39. The molecule has 1 aromatic carbocycles. The van der Waals surface area contributed by atoms with Gasteiger partial charge in [-0.05, 0) is 50.5 Å². The van der Waals surface area contributed by atoms with Crippen LogP contribution in [0, 0.1) is 6.92 Å². The zero-order valence-corrected chi connectivity index (χ0v) is 16.4. The molecule has 0 unspecified atom stereocenters. The maximum absolute atomic E-state index is 5.26. The summed E-state index contributed by atoms with van der Waals surface area (Å²) >= 11 is 0. The average molecular weight is 367 g/mol. The Balaban J connectivity index is 1.43. The molecule has 0 atom stereocenters. The summed E-state index contributed by atoms with van der Waals surface area (Å²) in [6.45, 7) is 8.17. The monoisotopic (exact) mass is 367 g/mol. The zero-order chi connectivity index (χ0) is 18.6. The highest BCUT2D eigenvalue weighted by atomic mass is 16.5. The van der Waals surface area contributed by atoms with E-state index in [0.717, 1.165) is 62.5 Å². The molecule has 6 heteroatoms. The van der Waals surface area contributed by atoms with Crippen molar-refractivity contribution in [1.29, 1.82) is 0 Å². The number of hydrogen-bond donors (Lipinski definition) is 0. The lowest BCUT2D eigenvalue weighted by Gasteiger charge is -2.37. The van der Waals surface area contributed by atoms with Gasteiger partial charge in [0.15, 0.2) is 0 Å². The number of hydrogen-bond acceptors (Lipinski definition) is 6. The predicted molar refractivity (Wildman–Crippen MR) is 110 cm³/mol. The average Bonchev–Trinajstić information content (AvgIpc) is 2.74. The molecule has 3 heterocycles. The van der Waals surface area contributed by atoms with Crippen LogP contribution in [0.3, 0.4) is 0 Å². The summed E-state index contributed by atoms with van der Waals surface area (Å²) in [6.07, 6.45) is 3.81. The van der Waals surface area contributed by atoms with Gasteiger partial charge in [-0.3, -0.25) is 0 Å². The Bertz CT molecular complexity index is 750. The van der Waals surface area contributed by atoms with Gasteiger partial charge in [0.1, 0.15) is 11.6 Å². The number of methoxy groups -OCH3 is 1. The van der Waals surface area contributed by atoms with Gasteiger partial charge in [0.25, 0.3) is 0 Å². The van der Waals surface area contributed by atoms with Gasteiger partial charge in [0.2, 0.25) is 5.95 Å². The Labute approximate surface area is 161 Å². The lowest BCUT2D eigenvalue weighted by Crippen LogP contribution is -2.47. The van der Waals surface area contributed by atoms with Crippen LogP contribution in [0.1, 0.15) is 25.0 Å². The highest BCUT2D eigenvalue weighted by Gasteiger charge is 2.21. The van der Waals surface area contributed by atoms with Gasteiger partial charge < -0.3 is 19.4 Å². The van der Waals surface area contributed by atoms with Gasteiger partial charge in [-0.1, -0.05) is 0 Å². The molecule has 0 aliphatic carbocycles. The lowest BCUT2D eigenvalue weighted by molar-refractivity contribution is 0.415. The molecule has 1 aromatic heterocycles. The Morgan fingerprint density at radius 1 is 0.778 bits per heavy atom. The molecule has 0 radical (unpaired) electrons. The third kappa shape index (κ3) is 4.10. The van der Waals surface area contributed by atoms with E-state index in [4.69, 9.17) is 14.7 Å². The first-order chi connectivity index (χ1) is 13.2. The SMILES string of the molecule is COc1ccc(N2CCN(c3cc(C)nc(N4CCCCC4)n3)CC2)cc1. The van der Waals surface area contributed by atoms with Crippen molar-refractivity contribution in [3.05, 3.63) is 36.0 Å². The molecule has 4 rings (SSSR count). The van der Waals surface area contributed by atoms with E-state index in [1.54, 1.807) is 7.11 Å². The first-order valence-corrected chi connectivity index (χ1v) is 9.97. The van der Waals surface area contributed by atoms with Crippen LogP contribution in [0.4, 0.5) is 17.5 Å². The molecule has 2 aromatic rings. The molecule has 27 heavy (non-hydrogen) atoms. The summed E-state index contributed by atoms with van der Waals surface area (Å²) in [5.41, 5.74) is 2.31. The standard InChI is InChI=1S/C21H29N5O/c1-17-16-20(23-21(22-17)26-10-4-3-5-11-26)25-14-12-24(13-15-25)18-6-8-19(27-2)9-7-18/h6-9,16H,3-5,10-15H2,1-2H3. The summed E-state index contributed by atoms with van der Waals surface area (Å²) in [5.74, 6) is 2.87. The van der Waals surface area contributed by atoms with Gasteiger partial charge in [-0.15, -0.1) is 0 Å². The van der Waals surface area contributed by atoms with E-state index in [0.29, 0.717) is 0 Å². The zero-order valence-electron chi connectivity index (χ0n) is 16.4. The molecule has 0 amide bonds. The van der Waals surface area contributed by atoms with Crippen LogP contribution in [0.15, 0.2) is 30.3 Å². The van der Waals surface area contributed by atoms with Crippen molar-refractivity contribution in [3.63, 3.8) is 0 Å². The second-order valence-electron chi connectivity index (χ2n) is 7.39. The predicted octanol–water partition coefficient (Wildman–Crippen LogP) is 3.11. The number of aromatic nitrogens is 2. The number of ether oxygens (including phenoxy) is 1. The summed E-state index contributed by atoms with van der Waals surface area (Å²) in [6, 6.07) is 10.5. The summed E-state index contributed by atoms with van der Waals surface area (Å²) < 4.78 is 5.26. The molecule has 0 N–H and O–H groups in total. The fourth-order valence-corrected chi connectivity index (χ4v) is 3.92. The molecule has 144 valence electrons. The van der Waals surface area contributed by atoms with Gasteiger partial charge in [0.05, 0.1) is 7.11 Å². The Hall–Kier alpha value is -2.50. The van der Waals surface area contributed by atoms with Crippen LogP contribution in [-0.2, 0) is 0 Å². The minimum absolute atomic E-state index is 0.902. The Kier molecular flexibility index (Phi) is 5.32. The van der Waals surface area contributed by atoms with Crippen molar-refractivity contribution in [2.24, 2.45) is 0 Å². The molecule has 2 aliphatic rings. The molecule has 6 nitrogen and oxygen atoms in total. The topological polar surface area (TPSA) is 44.7 Å². The van der Waals surface area contributed by atoms with Crippen molar-refractivity contribution in [1.82, 2.24) is 9.97 Å². The smallest absolute Gasteiger partial charge is 0.227 e. The summed E-state index contributed by atoms with van der Waals surface area (Å²) in [7, 11) is 1.70. The van der Waals surface area contributed by atoms with Crippen LogP contribution in [0.5, 0.6) is 5.75 Å². The van der Waals surface area contributed by atoms with E-state index >= 15 is 0 Å². The quantitative estimate of drug-likeness (QED) is 0.827. The number of nitrogens with zero attached hydrogens (tertiary/aromatic N) is 5. The molecule has 0 saturated carbocycles. The van der Waals surface area contributed by atoms with Crippen LogP contribution in [-0.4, -0.2) is 56.3 Å². The van der Waals surface area contributed by atoms with Crippen molar-refractivity contribution >= 4 is 17.5 Å². The normalized spacial score (nSPS) is 17.9. The minimum atomic E-state index is 0.902. The summed E-state index contributed by atoms with van der Waals surface area (Å²) in [5, 5.41) is 0. The first-order valence-electron chi connectivity index (χ1n) is 9.97. The van der Waals surface area contributed by atoms with Gasteiger partial charge in [0, 0.05) is 56.7 Å². The number of benzene rings is 1. The highest BCUT2D eigenvalue weighted by Crippen LogP contribution is 2.24. The van der Waals surface area contributed by atoms with Crippen LogP contribution in [0.2, 0.25) is 0 Å². The fourth-order valence-electron chi connectivity index (χ4n) is 3.92. The van der Waals surface area contributed by atoms with Gasteiger partial charge in [-0.25, -0.2) is 4.98 Å². The molecule has 2 aliphatic heterocycles. The van der Waals surface area contributed by atoms with Crippen LogP contribution in [0.25, 0.3) is 0 Å². The Morgan fingerprint density at radius 3 is 2.11 bits per heavy atom. The Morgan fingerprint density at radius 2 is 1.44 bits per heavy atom. The van der Waals surface area contributed by atoms with Crippen molar-refractivity contribution < 1.29 is 4.74 Å². The maximum atomic E-state index is 5.26. The van der Waals surface area contributed by atoms with E-state index < -0.39 is 0 Å². The second kappa shape index (κ2) is 8.03. The minimum Gasteiger partial charge on any atom is -0.497 e. The van der Waals surface area contributed by atoms with E-state index in [1.807, 2.05) is 12.1 Å². The third-order valence-corrected chi connectivity index (χ3v) is 5.51. The van der Waals surface area contributed by atoms with Crippen molar-refractivity contribution in [2.45, 2.75) is 26.2 Å². The van der Waals surface area contributed by atoms with Crippen LogP contribution >= 0.6 is 0 Å². The number of anilines is 3. The number of rotatable bonds is 4. The van der Waals surface area contributed by atoms with Gasteiger partial charge >= 0.3 is 0 Å². The molecule has 0 bridgehead atoms. The lowest BCUT2D eigenvalue weighted by atomic mass is 10.1. The van der Waals surface area contributed by atoms with Crippen molar-refractivity contribution in [3.8, 4) is 5.75 Å². The number of aryl methyl sites for hydroxylation is 1. The molecular formula is C21H29N5O. The number of piperazine rings is 1. The highest BCUT2D eigenvalue weighted by molar-refractivity contribution is 5.52. The molecular weight excluding hydrogens is 338 g/mol.